The SMILES string of the molecule is COc1c(C=O)cc(Cl)c(CCON)c1OC. The van der Waals surface area contributed by atoms with E-state index in [1.807, 2.05) is 0 Å². The van der Waals surface area contributed by atoms with E-state index in [0.29, 0.717) is 47.0 Å². The molecule has 0 unspecified atom stereocenters. The van der Waals surface area contributed by atoms with Crippen LogP contribution in [0.5, 0.6) is 11.5 Å². The second-order valence-electron chi connectivity index (χ2n) is 3.23. The Kier molecular flexibility index (Phi) is 5.21. The summed E-state index contributed by atoms with van der Waals surface area (Å²) in [5.74, 6) is 5.76. The molecule has 0 saturated heterocycles. The summed E-state index contributed by atoms with van der Waals surface area (Å²) in [5.41, 5.74) is 1.04. The van der Waals surface area contributed by atoms with Gasteiger partial charge in [0, 0.05) is 17.0 Å². The van der Waals surface area contributed by atoms with Gasteiger partial charge >= 0.3 is 0 Å². The first-order valence-electron chi connectivity index (χ1n) is 4.89. The van der Waals surface area contributed by atoms with Gasteiger partial charge in [-0.1, -0.05) is 11.6 Å². The van der Waals surface area contributed by atoms with E-state index >= 15 is 0 Å². The maximum atomic E-state index is 10.9. The molecule has 17 heavy (non-hydrogen) atoms. The van der Waals surface area contributed by atoms with Crippen LogP contribution in [0.15, 0.2) is 6.07 Å². The van der Waals surface area contributed by atoms with Crippen molar-refractivity contribution in [2.24, 2.45) is 5.90 Å². The van der Waals surface area contributed by atoms with E-state index in [-0.39, 0.29) is 0 Å². The summed E-state index contributed by atoms with van der Waals surface area (Å²) in [5, 5.41) is 0.418. The second-order valence-corrected chi connectivity index (χ2v) is 3.64. The molecule has 0 aliphatic heterocycles. The van der Waals surface area contributed by atoms with E-state index in [2.05, 4.69) is 4.84 Å². The molecule has 0 aliphatic carbocycles. The van der Waals surface area contributed by atoms with Gasteiger partial charge in [0.1, 0.15) is 0 Å². The maximum absolute atomic E-state index is 10.9. The fourth-order valence-electron chi connectivity index (χ4n) is 1.57. The van der Waals surface area contributed by atoms with Crippen LogP contribution in [0.25, 0.3) is 0 Å². The Balaban J connectivity index is 3.32. The normalized spacial score (nSPS) is 10.1. The fourth-order valence-corrected chi connectivity index (χ4v) is 1.87. The summed E-state index contributed by atoms with van der Waals surface area (Å²) < 4.78 is 10.4. The van der Waals surface area contributed by atoms with Crippen molar-refractivity contribution in [3.63, 3.8) is 0 Å². The van der Waals surface area contributed by atoms with Gasteiger partial charge in [0.05, 0.1) is 26.4 Å². The van der Waals surface area contributed by atoms with Crippen molar-refractivity contribution in [2.75, 3.05) is 20.8 Å². The maximum Gasteiger partial charge on any atom is 0.171 e. The van der Waals surface area contributed by atoms with Gasteiger partial charge < -0.3 is 14.3 Å². The van der Waals surface area contributed by atoms with Crippen LogP contribution in [0.4, 0.5) is 0 Å². The molecule has 0 fully saturated rings. The molecule has 0 atom stereocenters. The number of hydrogen-bond donors (Lipinski definition) is 1. The Morgan fingerprint density at radius 3 is 2.47 bits per heavy atom. The molecule has 1 aromatic carbocycles. The van der Waals surface area contributed by atoms with Gasteiger partial charge in [-0.3, -0.25) is 4.79 Å². The lowest BCUT2D eigenvalue weighted by Gasteiger charge is -2.15. The average molecular weight is 260 g/mol. The molecule has 0 heterocycles. The summed E-state index contributed by atoms with van der Waals surface area (Å²) in [4.78, 5) is 15.4. The number of nitrogens with two attached hydrogens (primary N) is 1. The predicted molar refractivity (Wildman–Crippen MR) is 63.8 cm³/mol. The highest BCUT2D eigenvalue weighted by molar-refractivity contribution is 6.32. The molecule has 6 heteroatoms. The Labute approximate surface area is 104 Å². The minimum atomic E-state index is 0.291. The monoisotopic (exact) mass is 259 g/mol. The van der Waals surface area contributed by atoms with Crippen LogP contribution in [0.2, 0.25) is 5.02 Å². The standard InChI is InChI=1S/C11H14ClNO4/c1-15-10-7(6-14)5-9(12)8(3-4-17-13)11(10)16-2/h5-6H,3-4,13H2,1-2H3. The molecule has 5 nitrogen and oxygen atoms in total. The molecule has 0 radical (unpaired) electrons. The zero-order valence-electron chi connectivity index (χ0n) is 9.66. The van der Waals surface area contributed by atoms with Crippen LogP contribution < -0.4 is 15.4 Å². The number of aldehydes is 1. The van der Waals surface area contributed by atoms with Crippen molar-refractivity contribution in [1.82, 2.24) is 0 Å². The highest BCUT2D eigenvalue weighted by Crippen LogP contribution is 2.38. The van der Waals surface area contributed by atoms with Gasteiger partial charge in [-0.15, -0.1) is 0 Å². The third kappa shape index (κ3) is 2.88. The van der Waals surface area contributed by atoms with Crippen molar-refractivity contribution < 1.29 is 19.1 Å². The Morgan fingerprint density at radius 2 is 2.00 bits per heavy atom. The van der Waals surface area contributed by atoms with Crippen molar-refractivity contribution in [1.29, 1.82) is 0 Å². The number of rotatable bonds is 6. The number of benzene rings is 1. The van der Waals surface area contributed by atoms with Crippen LogP contribution in [0, 0.1) is 0 Å². The fraction of sp³-hybridized carbons (Fsp3) is 0.364. The zero-order valence-corrected chi connectivity index (χ0v) is 10.4. The molecule has 2 N–H and O–H groups in total. The van der Waals surface area contributed by atoms with E-state index in [4.69, 9.17) is 27.0 Å². The Bertz CT molecular complexity index is 409. The van der Waals surface area contributed by atoms with Crippen LogP contribution >= 0.6 is 11.6 Å². The minimum absolute atomic E-state index is 0.291. The van der Waals surface area contributed by atoms with Crippen LogP contribution in [-0.2, 0) is 11.3 Å². The molecule has 0 aliphatic rings. The lowest BCUT2D eigenvalue weighted by atomic mass is 10.1. The van der Waals surface area contributed by atoms with Gasteiger partial charge in [-0.05, 0) is 6.07 Å². The van der Waals surface area contributed by atoms with E-state index < -0.39 is 0 Å². The smallest absolute Gasteiger partial charge is 0.171 e. The van der Waals surface area contributed by atoms with Crippen molar-refractivity contribution >= 4 is 17.9 Å². The highest BCUT2D eigenvalue weighted by Gasteiger charge is 2.18. The van der Waals surface area contributed by atoms with Crippen LogP contribution in [-0.4, -0.2) is 27.1 Å². The number of carbonyl (C=O) groups is 1. The molecule has 0 bridgehead atoms. The molecule has 1 rings (SSSR count). The molecular weight excluding hydrogens is 246 g/mol. The molecular formula is C11H14ClNO4. The molecule has 0 saturated carbocycles. The molecule has 0 amide bonds. The first-order chi connectivity index (χ1) is 8.19. The Hall–Kier alpha value is -1.30. The summed E-state index contributed by atoms with van der Waals surface area (Å²) in [6, 6.07) is 1.53. The van der Waals surface area contributed by atoms with Crippen molar-refractivity contribution in [3.05, 3.63) is 22.2 Å². The molecule has 1 aromatic rings. The zero-order chi connectivity index (χ0) is 12.8. The first kappa shape index (κ1) is 13.8. The summed E-state index contributed by atoms with van der Waals surface area (Å²) in [6.07, 6.45) is 1.13. The number of carbonyl (C=O) groups excluding carboxylic acids is 1. The first-order valence-corrected chi connectivity index (χ1v) is 5.27. The summed E-state index contributed by atoms with van der Waals surface area (Å²) in [6.45, 7) is 0.291. The number of ether oxygens (including phenoxy) is 2. The highest BCUT2D eigenvalue weighted by atomic mass is 35.5. The van der Waals surface area contributed by atoms with Gasteiger partial charge in [0.2, 0.25) is 0 Å². The van der Waals surface area contributed by atoms with Gasteiger partial charge in [-0.2, -0.15) is 0 Å². The van der Waals surface area contributed by atoms with E-state index in [1.54, 1.807) is 0 Å². The van der Waals surface area contributed by atoms with E-state index in [0.717, 1.165) is 0 Å². The van der Waals surface area contributed by atoms with Gasteiger partial charge in [0.15, 0.2) is 17.8 Å². The Morgan fingerprint density at radius 1 is 1.35 bits per heavy atom. The third-order valence-electron chi connectivity index (χ3n) is 2.32. The average Bonchev–Trinajstić information content (AvgIpc) is 2.35. The second kappa shape index (κ2) is 6.44. The van der Waals surface area contributed by atoms with E-state index in [1.165, 1.54) is 20.3 Å². The molecule has 0 aromatic heterocycles. The van der Waals surface area contributed by atoms with Crippen molar-refractivity contribution in [3.8, 4) is 11.5 Å². The van der Waals surface area contributed by atoms with Crippen molar-refractivity contribution in [2.45, 2.75) is 6.42 Å². The molecule has 94 valence electrons. The van der Waals surface area contributed by atoms with Gasteiger partial charge in [0.25, 0.3) is 0 Å². The number of hydrogen-bond acceptors (Lipinski definition) is 5. The van der Waals surface area contributed by atoms with Crippen LogP contribution in [0.1, 0.15) is 15.9 Å². The number of methoxy groups -OCH3 is 2. The quantitative estimate of drug-likeness (QED) is 0.621. The molecule has 0 spiro atoms. The summed E-state index contributed by atoms with van der Waals surface area (Å²) in [7, 11) is 2.94. The lowest BCUT2D eigenvalue weighted by Crippen LogP contribution is -2.07. The lowest BCUT2D eigenvalue weighted by molar-refractivity contribution is 0.112. The number of halogens is 1. The van der Waals surface area contributed by atoms with Crippen LogP contribution in [0.3, 0.4) is 0 Å². The largest absolute Gasteiger partial charge is 0.492 e. The topological polar surface area (TPSA) is 70.8 Å². The van der Waals surface area contributed by atoms with E-state index in [9.17, 15) is 4.79 Å². The summed E-state index contributed by atoms with van der Waals surface area (Å²) >= 11 is 6.07. The minimum Gasteiger partial charge on any atom is -0.492 e. The predicted octanol–water partition coefficient (Wildman–Crippen LogP) is 1.60. The van der Waals surface area contributed by atoms with Gasteiger partial charge in [-0.25, -0.2) is 5.90 Å². The third-order valence-corrected chi connectivity index (χ3v) is 2.66.